The number of aliphatic carboxylic acids is 1. The van der Waals surface area contributed by atoms with E-state index in [0.717, 1.165) is 4.90 Å². The lowest BCUT2D eigenvalue weighted by Gasteiger charge is -2.24. The van der Waals surface area contributed by atoms with Crippen molar-refractivity contribution in [3.05, 3.63) is 35.9 Å². The number of β-amino-alcohol motifs (C(OH)–C–C–N with tert-alkyl or cyclic N) is 1. The number of hydrogen-bond donors (Lipinski definition) is 3. The molecule has 102 valence electrons. The van der Waals surface area contributed by atoms with Gasteiger partial charge < -0.3 is 20.8 Å². The number of carbonyl (C=O) groups excluding carboxylic acids is 1. The van der Waals surface area contributed by atoms with Crippen LogP contribution in [0.15, 0.2) is 30.3 Å². The molecule has 0 radical (unpaired) electrons. The first-order chi connectivity index (χ1) is 9.00. The van der Waals surface area contributed by atoms with E-state index in [1.54, 1.807) is 30.3 Å². The maximum atomic E-state index is 12.2. The Hall–Kier alpha value is -1.92. The molecule has 1 saturated heterocycles. The lowest BCUT2D eigenvalue weighted by molar-refractivity contribution is -0.148. The molecule has 2 rings (SSSR count). The summed E-state index contributed by atoms with van der Waals surface area (Å²) in [5, 5.41) is 18.6. The van der Waals surface area contributed by atoms with Crippen LogP contribution >= 0.6 is 0 Å². The molecule has 4 N–H and O–H groups in total. The van der Waals surface area contributed by atoms with Crippen molar-refractivity contribution in [2.45, 2.75) is 24.6 Å². The third kappa shape index (κ3) is 2.74. The van der Waals surface area contributed by atoms with E-state index in [1.165, 1.54) is 0 Å². The second-order valence-corrected chi connectivity index (χ2v) is 4.62. The fraction of sp³-hybridized carbons (Fsp3) is 0.385. The number of rotatable bonds is 3. The molecule has 3 atom stereocenters. The summed E-state index contributed by atoms with van der Waals surface area (Å²) in [5.74, 6) is -1.60. The van der Waals surface area contributed by atoms with Crippen LogP contribution in [-0.2, 0) is 9.59 Å². The molecule has 0 aromatic heterocycles. The van der Waals surface area contributed by atoms with Gasteiger partial charge in [0, 0.05) is 13.0 Å². The van der Waals surface area contributed by atoms with Gasteiger partial charge in [0.2, 0.25) is 5.91 Å². The highest BCUT2D eigenvalue weighted by Gasteiger charge is 2.40. The normalized spacial score (nSPS) is 24.2. The lowest BCUT2D eigenvalue weighted by Crippen LogP contribution is -2.45. The first-order valence-electron chi connectivity index (χ1n) is 6.02. The van der Waals surface area contributed by atoms with Crippen LogP contribution in [0.4, 0.5) is 0 Å². The van der Waals surface area contributed by atoms with E-state index >= 15 is 0 Å². The largest absolute Gasteiger partial charge is 0.480 e. The summed E-state index contributed by atoms with van der Waals surface area (Å²) in [6, 6.07) is 6.84. The second-order valence-electron chi connectivity index (χ2n) is 4.62. The van der Waals surface area contributed by atoms with Gasteiger partial charge in [-0.25, -0.2) is 4.79 Å². The van der Waals surface area contributed by atoms with Crippen molar-refractivity contribution >= 4 is 11.9 Å². The van der Waals surface area contributed by atoms with Crippen molar-refractivity contribution in [2.24, 2.45) is 5.73 Å². The molecule has 6 nitrogen and oxygen atoms in total. The van der Waals surface area contributed by atoms with Gasteiger partial charge >= 0.3 is 5.97 Å². The van der Waals surface area contributed by atoms with Gasteiger partial charge in [0.25, 0.3) is 0 Å². The van der Waals surface area contributed by atoms with Crippen LogP contribution in [0.1, 0.15) is 18.0 Å². The highest BCUT2D eigenvalue weighted by atomic mass is 16.4. The van der Waals surface area contributed by atoms with Crippen molar-refractivity contribution in [3.63, 3.8) is 0 Å². The standard InChI is InChI=1S/C13H16N2O4/c14-11(8-4-2-1-3-5-8)12(17)15-7-9(16)6-10(15)13(18)19/h1-5,9-11,16H,6-7,14H2,(H,18,19)/t9-,10-,11+/m1/s1. The summed E-state index contributed by atoms with van der Waals surface area (Å²) in [6.07, 6.45) is -0.768. The van der Waals surface area contributed by atoms with Crippen LogP contribution in [0.2, 0.25) is 0 Å². The van der Waals surface area contributed by atoms with Crippen LogP contribution in [0.5, 0.6) is 0 Å². The molecule has 1 amide bonds. The van der Waals surface area contributed by atoms with Gasteiger partial charge in [-0.05, 0) is 5.56 Å². The van der Waals surface area contributed by atoms with Crippen LogP contribution in [-0.4, -0.2) is 45.7 Å². The summed E-state index contributed by atoms with van der Waals surface area (Å²) < 4.78 is 0. The Kier molecular flexibility index (Phi) is 3.82. The fourth-order valence-electron chi connectivity index (χ4n) is 2.27. The average molecular weight is 264 g/mol. The van der Waals surface area contributed by atoms with E-state index in [9.17, 15) is 14.7 Å². The SMILES string of the molecule is N[C@H](C(=O)N1C[C@H](O)C[C@@H]1C(=O)O)c1ccccc1. The maximum Gasteiger partial charge on any atom is 0.326 e. The zero-order chi connectivity index (χ0) is 14.0. The van der Waals surface area contributed by atoms with Gasteiger partial charge in [0.05, 0.1) is 6.10 Å². The summed E-state index contributed by atoms with van der Waals surface area (Å²) in [7, 11) is 0. The molecular weight excluding hydrogens is 248 g/mol. The number of benzene rings is 1. The van der Waals surface area contributed by atoms with Gasteiger partial charge in [-0.1, -0.05) is 30.3 Å². The van der Waals surface area contributed by atoms with E-state index in [-0.39, 0.29) is 13.0 Å². The number of hydrogen-bond acceptors (Lipinski definition) is 4. The number of carbonyl (C=O) groups is 2. The summed E-state index contributed by atoms with van der Waals surface area (Å²) in [5.41, 5.74) is 6.48. The number of nitrogens with two attached hydrogens (primary N) is 1. The molecule has 0 spiro atoms. The number of nitrogens with zero attached hydrogens (tertiary/aromatic N) is 1. The van der Waals surface area contributed by atoms with Crippen LogP contribution in [0, 0.1) is 0 Å². The molecule has 6 heteroatoms. The van der Waals surface area contributed by atoms with E-state index in [1.807, 2.05) is 0 Å². The minimum absolute atomic E-state index is 0.0103. The topological polar surface area (TPSA) is 104 Å². The minimum Gasteiger partial charge on any atom is -0.480 e. The van der Waals surface area contributed by atoms with Crippen molar-refractivity contribution in [2.75, 3.05) is 6.54 Å². The van der Waals surface area contributed by atoms with Gasteiger partial charge in [-0.15, -0.1) is 0 Å². The van der Waals surface area contributed by atoms with Crippen LogP contribution < -0.4 is 5.73 Å². The van der Waals surface area contributed by atoms with Crippen LogP contribution in [0.3, 0.4) is 0 Å². The summed E-state index contributed by atoms with van der Waals surface area (Å²) in [4.78, 5) is 24.5. The molecule has 19 heavy (non-hydrogen) atoms. The van der Waals surface area contributed by atoms with Crippen LogP contribution in [0.25, 0.3) is 0 Å². The van der Waals surface area contributed by atoms with E-state index in [4.69, 9.17) is 10.8 Å². The lowest BCUT2D eigenvalue weighted by atomic mass is 10.1. The molecule has 1 heterocycles. The zero-order valence-electron chi connectivity index (χ0n) is 10.3. The second kappa shape index (κ2) is 5.38. The minimum atomic E-state index is -1.12. The monoisotopic (exact) mass is 264 g/mol. The zero-order valence-corrected chi connectivity index (χ0v) is 10.3. The Bertz CT molecular complexity index is 477. The van der Waals surface area contributed by atoms with Gasteiger partial charge in [0.1, 0.15) is 12.1 Å². The smallest absolute Gasteiger partial charge is 0.326 e. The van der Waals surface area contributed by atoms with Crippen molar-refractivity contribution < 1.29 is 19.8 Å². The van der Waals surface area contributed by atoms with Gasteiger partial charge in [-0.2, -0.15) is 0 Å². The Morgan fingerprint density at radius 1 is 1.32 bits per heavy atom. The quantitative estimate of drug-likeness (QED) is 0.697. The molecule has 1 aromatic carbocycles. The number of aliphatic hydroxyl groups is 1. The average Bonchev–Trinajstić information content (AvgIpc) is 2.80. The van der Waals surface area contributed by atoms with Crippen molar-refractivity contribution in [1.82, 2.24) is 4.90 Å². The van der Waals surface area contributed by atoms with E-state index < -0.39 is 30.1 Å². The molecule has 1 fully saturated rings. The Labute approximate surface area is 110 Å². The molecule has 1 aliphatic heterocycles. The van der Waals surface area contributed by atoms with Gasteiger partial charge in [0.15, 0.2) is 0 Å². The van der Waals surface area contributed by atoms with E-state index in [0.29, 0.717) is 5.56 Å². The third-order valence-corrected chi connectivity index (χ3v) is 3.27. The molecule has 0 saturated carbocycles. The number of carboxylic acid groups (broad SMARTS) is 1. The van der Waals surface area contributed by atoms with Gasteiger partial charge in [-0.3, -0.25) is 4.79 Å². The first-order valence-corrected chi connectivity index (χ1v) is 6.02. The molecular formula is C13H16N2O4. The highest BCUT2D eigenvalue weighted by Crippen LogP contribution is 2.22. The summed E-state index contributed by atoms with van der Waals surface area (Å²) >= 11 is 0. The maximum absolute atomic E-state index is 12.2. The number of likely N-dealkylation sites (tertiary alicyclic amines) is 1. The third-order valence-electron chi connectivity index (χ3n) is 3.27. The molecule has 0 aliphatic carbocycles. The van der Waals surface area contributed by atoms with Crippen molar-refractivity contribution in [1.29, 1.82) is 0 Å². The number of amides is 1. The van der Waals surface area contributed by atoms with Crippen molar-refractivity contribution in [3.8, 4) is 0 Å². The Morgan fingerprint density at radius 3 is 2.53 bits per heavy atom. The molecule has 0 bridgehead atoms. The van der Waals surface area contributed by atoms with E-state index in [2.05, 4.69) is 0 Å². The predicted octanol–water partition coefficient (Wildman–Crippen LogP) is -0.267. The number of carboxylic acids is 1. The molecule has 1 aliphatic rings. The summed E-state index contributed by atoms with van der Waals surface area (Å²) in [6.45, 7) is 0.0103. The highest BCUT2D eigenvalue weighted by molar-refractivity contribution is 5.88. The fourth-order valence-corrected chi connectivity index (χ4v) is 2.27. The number of aliphatic hydroxyl groups excluding tert-OH is 1. The molecule has 0 unspecified atom stereocenters. The first kappa shape index (κ1) is 13.5. The molecule has 1 aromatic rings. The predicted molar refractivity (Wildman–Crippen MR) is 67.1 cm³/mol. The Morgan fingerprint density at radius 2 is 1.95 bits per heavy atom. The Balaban J connectivity index is 2.17.